The summed E-state index contributed by atoms with van der Waals surface area (Å²) in [6, 6.07) is 10.8. The monoisotopic (exact) mass is 333 g/mol. The maximum Gasteiger partial charge on any atom is 0.294 e. The van der Waals surface area contributed by atoms with E-state index in [4.69, 9.17) is 4.55 Å². The molecule has 6 nitrogen and oxygen atoms in total. The van der Waals surface area contributed by atoms with Crippen molar-refractivity contribution in [2.45, 2.75) is 25.7 Å². The molecule has 0 radical (unpaired) electrons. The van der Waals surface area contributed by atoms with Crippen molar-refractivity contribution in [2.24, 2.45) is 15.2 Å². The summed E-state index contributed by atoms with van der Waals surface area (Å²) in [5.74, 6) is 0. The number of rotatable bonds is 4. The summed E-state index contributed by atoms with van der Waals surface area (Å²) >= 11 is 0. The highest BCUT2D eigenvalue weighted by molar-refractivity contribution is 7.85. The van der Waals surface area contributed by atoms with Gasteiger partial charge in [-0.15, -0.1) is 0 Å². The average molecular weight is 333 g/mol. The fourth-order valence-electron chi connectivity index (χ4n) is 1.65. The molecule has 0 unspecified atom stereocenters. The molecule has 0 aliphatic rings. The van der Waals surface area contributed by atoms with E-state index in [9.17, 15) is 8.42 Å². The number of azo groups is 1. The van der Waals surface area contributed by atoms with E-state index in [-0.39, 0.29) is 4.90 Å². The van der Waals surface area contributed by atoms with Crippen molar-refractivity contribution in [2.75, 3.05) is 0 Å². The Hall–Kier alpha value is -2.38. The second kappa shape index (κ2) is 8.30. The molecule has 0 atom stereocenters. The van der Waals surface area contributed by atoms with Gasteiger partial charge in [0.2, 0.25) is 0 Å². The second-order valence-corrected chi connectivity index (χ2v) is 5.72. The first kappa shape index (κ1) is 18.7. The van der Waals surface area contributed by atoms with E-state index in [0.29, 0.717) is 11.4 Å². The molecule has 0 aromatic heterocycles. The molecule has 2 aromatic carbocycles. The second-order valence-electron chi connectivity index (χ2n) is 4.30. The van der Waals surface area contributed by atoms with E-state index in [2.05, 4.69) is 21.9 Å². The molecule has 0 aliphatic carbocycles. The lowest BCUT2D eigenvalue weighted by Crippen LogP contribution is -1.96. The van der Waals surface area contributed by atoms with E-state index in [1.165, 1.54) is 24.3 Å². The van der Waals surface area contributed by atoms with Crippen LogP contribution in [0.1, 0.15) is 19.4 Å². The predicted octanol–water partition coefficient (Wildman–Crippen LogP) is 5.02. The third kappa shape index (κ3) is 5.39. The minimum atomic E-state index is -4.19. The van der Waals surface area contributed by atoms with Crippen molar-refractivity contribution < 1.29 is 13.0 Å². The van der Waals surface area contributed by atoms with Crippen molar-refractivity contribution in [1.82, 2.24) is 0 Å². The average Bonchev–Trinajstić information content (AvgIpc) is 2.55. The number of nitrogens with zero attached hydrogens (tertiary/aromatic N) is 3. The largest absolute Gasteiger partial charge is 0.294 e. The van der Waals surface area contributed by atoms with Crippen LogP contribution in [0.3, 0.4) is 0 Å². The van der Waals surface area contributed by atoms with Crippen molar-refractivity contribution in [3.05, 3.63) is 48.0 Å². The first-order valence-electron chi connectivity index (χ1n) is 6.97. The van der Waals surface area contributed by atoms with E-state index < -0.39 is 10.1 Å². The molecule has 0 fully saturated rings. The molecule has 0 heterocycles. The van der Waals surface area contributed by atoms with Crippen LogP contribution in [0.2, 0.25) is 0 Å². The molecule has 0 saturated heterocycles. The summed E-state index contributed by atoms with van der Waals surface area (Å²) in [5.41, 5.74) is 2.82. The first-order valence-corrected chi connectivity index (χ1v) is 8.41. The summed E-state index contributed by atoms with van der Waals surface area (Å²) in [6.07, 6.45) is 0. The third-order valence-electron chi connectivity index (χ3n) is 2.77. The lowest BCUT2D eigenvalue weighted by Gasteiger charge is -2.00. The van der Waals surface area contributed by atoms with Gasteiger partial charge in [-0.25, -0.2) is 0 Å². The van der Waals surface area contributed by atoms with Crippen LogP contribution < -0.4 is 0 Å². The van der Waals surface area contributed by atoms with Gasteiger partial charge < -0.3 is 0 Å². The Bertz CT molecular complexity index is 798. The van der Waals surface area contributed by atoms with Gasteiger partial charge in [-0.05, 0) is 61.7 Å². The van der Waals surface area contributed by atoms with Gasteiger partial charge >= 0.3 is 0 Å². The van der Waals surface area contributed by atoms with Gasteiger partial charge in [-0.2, -0.15) is 18.6 Å². The van der Waals surface area contributed by atoms with E-state index >= 15 is 0 Å². The van der Waals surface area contributed by atoms with Crippen molar-refractivity contribution in [3.63, 3.8) is 0 Å². The summed E-state index contributed by atoms with van der Waals surface area (Å²) in [7, 11) is -4.19. The molecule has 0 spiro atoms. The number of hydrogen-bond acceptors (Lipinski definition) is 5. The van der Waals surface area contributed by atoms with Crippen LogP contribution in [-0.4, -0.2) is 19.7 Å². The highest BCUT2D eigenvalue weighted by Gasteiger charge is 2.08. The van der Waals surface area contributed by atoms with Crippen LogP contribution in [0, 0.1) is 6.92 Å². The molecule has 23 heavy (non-hydrogen) atoms. The Kier molecular flexibility index (Phi) is 6.74. The van der Waals surface area contributed by atoms with Gasteiger partial charge in [0.25, 0.3) is 10.1 Å². The normalized spacial score (nSPS) is 11.0. The summed E-state index contributed by atoms with van der Waals surface area (Å²) in [6.45, 7) is 9.33. The topological polar surface area (TPSA) is 91.5 Å². The molecule has 0 aliphatic heterocycles. The maximum atomic E-state index is 10.9. The lowest BCUT2D eigenvalue weighted by atomic mass is 10.2. The highest BCUT2D eigenvalue weighted by atomic mass is 32.2. The number of hydrogen-bond donors (Lipinski definition) is 1. The van der Waals surface area contributed by atoms with E-state index in [0.717, 1.165) is 11.3 Å². The molecule has 122 valence electrons. The molecule has 2 aromatic rings. The van der Waals surface area contributed by atoms with Gasteiger partial charge in [0.15, 0.2) is 0 Å². The standard InChI is InChI=1S/C14H13N3O3S.C2H6/c1-10-9-12(15-2)5-8-14(10)17-16-11-3-6-13(7-4-11)21(18,19)20;1-2/h3-9H,2H2,1H3,(H,18,19,20);1-2H3. The quantitative estimate of drug-likeness (QED) is 0.484. The van der Waals surface area contributed by atoms with Crippen molar-refractivity contribution in [1.29, 1.82) is 0 Å². The summed E-state index contributed by atoms with van der Waals surface area (Å²) in [4.78, 5) is 3.64. The minimum Gasteiger partial charge on any atom is -0.282 e. The fourth-order valence-corrected chi connectivity index (χ4v) is 2.13. The van der Waals surface area contributed by atoms with Crippen LogP contribution in [0.15, 0.2) is 62.6 Å². The van der Waals surface area contributed by atoms with Crippen LogP contribution in [0.4, 0.5) is 17.1 Å². The Balaban J connectivity index is 0.00000127. The van der Waals surface area contributed by atoms with Gasteiger partial charge in [0.1, 0.15) is 0 Å². The summed E-state index contributed by atoms with van der Waals surface area (Å²) in [5, 5.41) is 8.11. The van der Waals surface area contributed by atoms with Gasteiger partial charge in [0.05, 0.1) is 22.0 Å². The molecular formula is C16H19N3O3S. The van der Waals surface area contributed by atoms with Gasteiger partial charge in [-0.1, -0.05) is 13.8 Å². The van der Waals surface area contributed by atoms with E-state index in [1.54, 1.807) is 12.1 Å². The Morgan fingerprint density at radius 1 is 0.957 bits per heavy atom. The molecule has 0 saturated carbocycles. The lowest BCUT2D eigenvalue weighted by molar-refractivity contribution is 0.483. The minimum absolute atomic E-state index is 0.181. The van der Waals surface area contributed by atoms with Gasteiger partial charge in [0, 0.05) is 0 Å². The SMILES string of the molecule is C=Nc1ccc(N=Nc2ccc(S(=O)(=O)O)cc2)c(C)c1.CC. The maximum absolute atomic E-state index is 10.9. The van der Waals surface area contributed by atoms with Crippen LogP contribution in [-0.2, 0) is 10.1 Å². The molecule has 7 heteroatoms. The Labute approximate surface area is 136 Å². The zero-order chi connectivity index (χ0) is 17.5. The molecule has 1 N–H and O–H groups in total. The third-order valence-corrected chi connectivity index (χ3v) is 3.64. The van der Waals surface area contributed by atoms with Crippen LogP contribution >= 0.6 is 0 Å². The molecular weight excluding hydrogens is 314 g/mol. The number of aliphatic imine (C=N–C) groups is 1. The van der Waals surface area contributed by atoms with Crippen LogP contribution in [0.5, 0.6) is 0 Å². The highest BCUT2D eigenvalue weighted by Crippen LogP contribution is 2.26. The predicted molar refractivity (Wildman–Crippen MR) is 92.2 cm³/mol. The first-order chi connectivity index (χ1) is 10.9. The number of benzene rings is 2. The summed E-state index contributed by atoms with van der Waals surface area (Å²) < 4.78 is 30.7. The van der Waals surface area contributed by atoms with Gasteiger partial charge in [-0.3, -0.25) is 9.55 Å². The van der Waals surface area contributed by atoms with Crippen molar-refractivity contribution in [3.8, 4) is 0 Å². The zero-order valence-electron chi connectivity index (χ0n) is 13.3. The molecule has 0 bridgehead atoms. The molecule has 2 rings (SSSR count). The molecule has 0 amide bonds. The smallest absolute Gasteiger partial charge is 0.282 e. The van der Waals surface area contributed by atoms with Crippen molar-refractivity contribution >= 4 is 33.9 Å². The fraction of sp³-hybridized carbons (Fsp3) is 0.188. The Morgan fingerprint density at radius 2 is 1.52 bits per heavy atom. The van der Waals surface area contributed by atoms with Crippen LogP contribution in [0.25, 0.3) is 0 Å². The van der Waals surface area contributed by atoms with E-state index in [1.807, 2.05) is 26.8 Å². The Morgan fingerprint density at radius 3 is 2.00 bits per heavy atom. The number of aryl methyl sites for hydroxylation is 1. The zero-order valence-corrected chi connectivity index (χ0v) is 14.1.